The van der Waals surface area contributed by atoms with Gasteiger partial charge in [-0.1, -0.05) is 0 Å². The lowest BCUT2D eigenvalue weighted by Crippen LogP contribution is -2.54. The van der Waals surface area contributed by atoms with Crippen LogP contribution in [0, 0.1) is 23.2 Å². The third kappa shape index (κ3) is 6.01. The zero-order valence-electron chi connectivity index (χ0n) is 17.6. The van der Waals surface area contributed by atoms with Crippen LogP contribution in [-0.2, 0) is 4.74 Å². The van der Waals surface area contributed by atoms with E-state index < -0.39 is 5.60 Å². The van der Waals surface area contributed by atoms with Crippen LogP contribution >= 0.6 is 0 Å². The van der Waals surface area contributed by atoms with Crippen LogP contribution in [0.3, 0.4) is 0 Å². The molecule has 29 heavy (non-hydrogen) atoms. The molecule has 1 amide bonds. The number of aromatic hydroxyl groups is 1. The minimum Gasteiger partial charge on any atom is -0.504 e. The summed E-state index contributed by atoms with van der Waals surface area (Å²) in [6.07, 6.45) is 1.83. The van der Waals surface area contributed by atoms with Gasteiger partial charge in [-0.15, -0.1) is 0 Å². The number of phenols is 1. The normalized spacial score (nSPS) is 22.1. The molecule has 0 aliphatic carbocycles. The lowest BCUT2D eigenvalue weighted by molar-refractivity contribution is -0.00999. The first-order valence-corrected chi connectivity index (χ1v) is 10.3. The number of carbonyl (C=O) groups excluding carboxylic acids is 1. The van der Waals surface area contributed by atoms with Crippen molar-refractivity contribution in [2.45, 2.75) is 39.2 Å². The number of nitriles is 1. The fraction of sp³-hybridized carbons (Fsp3) is 0.636. The first kappa shape index (κ1) is 21.3. The Morgan fingerprint density at radius 3 is 2.52 bits per heavy atom. The van der Waals surface area contributed by atoms with Gasteiger partial charge in [0.2, 0.25) is 0 Å². The molecule has 2 atom stereocenters. The van der Waals surface area contributed by atoms with E-state index in [4.69, 9.17) is 14.7 Å². The second-order valence-corrected chi connectivity index (χ2v) is 9.11. The first-order valence-electron chi connectivity index (χ1n) is 10.3. The van der Waals surface area contributed by atoms with Crippen molar-refractivity contribution in [1.29, 1.82) is 5.26 Å². The number of fused-ring (bicyclic) bond motifs is 2. The number of piperidine rings is 2. The van der Waals surface area contributed by atoms with Gasteiger partial charge < -0.3 is 24.4 Å². The maximum atomic E-state index is 12.4. The number of hydrogen-bond acceptors (Lipinski definition) is 6. The van der Waals surface area contributed by atoms with Crippen LogP contribution in [0.15, 0.2) is 18.2 Å². The highest BCUT2D eigenvalue weighted by molar-refractivity contribution is 5.68. The molecule has 0 aromatic heterocycles. The molecule has 2 aliphatic heterocycles. The van der Waals surface area contributed by atoms with Crippen molar-refractivity contribution in [3.8, 4) is 17.6 Å². The Hall–Kier alpha value is -2.46. The Labute approximate surface area is 172 Å². The molecule has 158 valence electrons. The third-order valence-corrected chi connectivity index (χ3v) is 5.27. The van der Waals surface area contributed by atoms with Gasteiger partial charge in [0, 0.05) is 38.8 Å². The van der Waals surface area contributed by atoms with E-state index in [2.05, 4.69) is 4.90 Å². The smallest absolute Gasteiger partial charge is 0.410 e. The van der Waals surface area contributed by atoms with Crippen molar-refractivity contribution in [3.05, 3.63) is 23.8 Å². The predicted octanol–water partition coefficient (Wildman–Crippen LogP) is 3.22. The summed E-state index contributed by atoms with van der Waals surface area (Å²) < 4.78 is 11.2. The Bertz CT molecular complexity index is 754. The SMILES string of the molecule is CC(C)(C)OC(=O)N1CC2CC(CN(CCCOc3ccc(C#N)cc3O)C2)C1. The van der Waals surface area contributed by atoms with Crippen LogP contribution in [0.1, 0.15) is 39.2 Å². The number of carbonyl (C=O) groups is 1. The van der Waals surface area contributed by atoms with E-state index >= 15 is 0 Å². The molecule has 1 aromatic rings. The third-order valence-electron chi connectivity index (χ3n) is 5.27. The number of amides is 1. The van der Waals surface area contributed by atoms with Crippen molar-refractivity contribution < 1.29 is 19.4 Å². The quantitative estimate of drug-likeness (QED) is 0.763. The van der Waals surface area contributed by atoms with Crippen molar-refractivity contribution in [2.75, 3.05) is 39.3 Å². The minimum atomic E-state index is -0.459. The van der Waals surface area contributed by atoms with Crippen LogP contribution in [-0.4, -0.2) is 65.9 Å². The zero-order chi connectivity index (χ0) is 21.0. The van der Waals surface area contributed by atoms with Crippen molar-refractivity contribution in [1.82, 2.24) is 9.80 Å². The van der Waals surface area contributed by atoms with Gasteiger partial charge in [-0.2, -0.15) is 5.26 Å². The van der Waals surface area contributed by atoms with Crippen molar-refractivity contribution in [2.24, 2.45) is 11.8 Å². The number of benzene rings is 1. The molecular formula is C22H31N3O4. The lowest BCUT2D eigenvalue weighted by atomic mass is 9.85. The molecule has 2 unspecified atom stereocenters. The van der Waals surface area contributed by atoms with Gasteiger partial charge in [0.25, 0.3) is 0 Å². The van der Waals surface area contributed by atoms with E-state index in [1.165, 1.54) is 12.5 Å². The highest BCUT2D eigenvalue weighted by atomic mass is 16.6. The second-order valence-electron chi connectivity index (χ2n) is 9.11. The van der Waals surface area contributed by atoms with Crippen molar-refractivity contribution >= 4 is 6.09 Å². The summed E-state index contributed by atoms with van der Waals surface area (Å²) >= 11 is 0. The number of rotatable bonds is 5. The Kier molecular flexibility index (Phi) is 6.53. The standard InChI is InChI=1S/C22H31N3O4/c1-22(2,3)29-21(27)25-14-17-9-18(15-25)13-24(12-17)7-4-8-28-20-6-5-16(11-23)10-19(20)26/h5-6,10,17-18,26H,4,7-9,12-15H2,1-3H3. The molecule has 1 aromatic carbocycles. The largest absolute Gasteiger partial charge is 0.504 e. The highest BCUT2D eigenvalue weighted by Gasteiger charge is 2.37. The lowest BCUT2D eigenvalue weighted by Gasteiger charge is -2.45. The highest BCUT2D eigenvalue weighted by Crippen LogP contribution is 2.30. The summed E-state index contributed by atoms with van der Waals surface area (Å²) in [5, 5.41) is 18.7. The summed E-state index contributed by atoms with van der Waals surface area (Å²) in [6.45, 7) is 10.6. The number of likely N-dealkylation sites (tertiary alicyclic amines) is 2. The van der Waals surface area contributed by atoms with Crippen LogP contribution in [0.4, 0.5) is 4.79 Å². The molecule has 1 N–H and O–H groups in total. The van der Waals surface area contributed by atoms with Gasteiger partial charge >= 0.3 is 6.09 Å². The fourth-order valence-corrected chi connectivity index (χ4v) is 4.23. The maximum Gasteiger partial charge on any atom is 0.410 e. The molecule has 7 nitrogen and oxygen atoms in total. The summed E-state index contributed by atoms with van der Waals surface area (Å²) in [5.74, 6) is 1.38. The van der Waals surface area contributed by atoms with Gasteiger partial charge in [-0.05, 0) is 57.6 Å². The zero-order valence-corrected chi connectivity index (χ0v) is 17.6. The van der Waals surface area contributed by atoms with Gasteiger partial charge in [0.1, 0.15) is 5.60 Å². The summed E-state index contributed by atoms with van der Waals surface area (Å²) in [7, 11) is 0. The van der Waals surface area contributed by atoms with E-state index in [9.17, 15) is 9.90 Å². The van der Waals surface area contributed by atoms with Crippen LogP contribution in [0.5, 0.6) is 11.5 Å². The average Bonchev–Trinajstić information content (AvgIpc) is 2.64. The number of nitrogens with zero attached hydrogens (tertiary/aromatic N) is 3. The van der Waals surface area contributed by atoms with Crippen LogP contribution < -0.4 is 4.74 Å². The van der Waals surface area contributed by atoms with Gasteiger partial charge in [0.05, 0.1) is 18.2 Å². The summed E-state index contributed by atoms with van der Waals surface area (Å²) in [5.41, 5.74) is -0.0471. The molecule has 2 fully saturated rings. The maximum absolute atomic E-state index is 12.4. The molecule has 2 saturated heterocycles. The predicted molar refractivity (Wildman–Crippen MR) is 109 cm³/mol. The Balaban J connectivity index is 1.41. The molecule has 7 heteroatoms. The molecule has 3 rings (SSSR count). The minimum absolute atomic E-state index is 0.00112. The second kappa shape index (κ2) is 8.91. The molecular weight excluding hydrogens is 370 g/mol. The van der Waals surface area contributed by atoms with Gasteiger partial charge in [-0.25, -0.2) is 4.79 Å². The van der Waals surface area contributed by atoms with Crippen LogP contribution in [0.2, 0.25) is 0 Å². The Morgan fingerprint density at radius 2 is 1.93 bits per heavy atom. The number of ether oxygens (including phenoxy) is 2. The molecule has 2 bridgehead atoms. The molecule has 0 radical (unpaired) electrons. The van der Waals surface area contributed by atoms with E-state index in [1.807, 2.05) is 31.7 Å². The van der Waals surface area contributed by atoms with E-state index in [0.29, 0.717) is 29.8 Å². The Morgan fingerprint density at radius 1 is 1.24 bits per heavy atom. The summed E-state index contributed by atoms with van der Waals surface area (Å²) in [6, 6.07) is 6.67. The molecule has 0 saturated carbocycles. The van der Waals surface area contributed by atoms with Crippen LogP contribution in [0.25, 0.3) is 0 Å². The van der Waals surface area contributed by atoms with E-state index in [1.54, 1.807) is 12.1 Å². The van der Waals surface area contributed by atoms with E-state index in [-0.39, 0.29) is 11.8 Å². The van der Waals surface area contributed by atoms with Gasteiger partial charge in [-0.3, -0.25) is 0 Å². The summed E-state index contributed by atoms with van der Waals surface area (Å²) in [4.78, 5) is 16.7. The first-order chi connectivity index (χ1) is 13.7. The molecule has 2 heterocycles. The topological polar surface area (TPSA) is 86.0 Å². The monoisotopic (exact) mass is 401 g/mol. The molecule has 0 spiro atoms. The van der Waals surface area contributed by atoms with Gasteiger partial charge in [0.15, 0.2) is 11.5 Å². The number of hydrogen-bond donors (Lipinski definition) is 1. The molecule has 2 aliphatic rings. The van der Waals surface area contributed by atoms with Crippen molar-refractivity contribution in [3.63, 3.8) is 0 Å². The number of phenolic OH excluding ortho intramolecular Hbond substituents is 1. The fourth-order valence-electron chi connectivity index (χ4n) is 4.23. The average molecular weight is 402 g/mol. The van der Waals surface area contributed by atoms with E-state index in [0.717, 1.165) is 39.1 Å².